The summed E-state index contributed by atoms with van der Waals surface area (Å²) in [5, 5.41) is 2.33. The Hall–Kier alpha value is -1.59. The molecule has 2 rings (SSSR count). The second-order valence-electron chi connectivity index (χ2n) is 3.73. The number of hydrogen-bond donors (Lipinski definition) is 1. The molecule has 1 aromatic rings. The fraction of sp³-hybridized carbons (Fsp3) is 0.273. The van der Waals surface area contributed by atoms with Crippen molar-refractivity contribution in [2.24, 2.45) is 0 Å². The summed E-state index contributed by atoms with van der Waals surface area (Å²) < 4.78 is 65.0. The van der Waals surface area contributed by atoms with Crippen LogP contribution < -0.4 is 5.32 Å². The molecule has 0 radical (unpaired) electrons. The first-order valence-electron chi connectivity index (χ1n) is 4.95. The Morgan fingerprint density at radius 3 is 1.65 bits per heavy atom. The van der Waals surface area contributed by atoms with Gasteiger partial charge in [0.25, 0.3) is 0 Å². The second kappa shape index (κ2) is 4.35. The van der Waals surface area contributed by atoms with Gasteiger partial charge in [-0.3, -0.25) is 0 Å². The quantitative estimate of drug-likeness (QED) is 0.366. The highest BCUT2D eigenvalue weighted by atomic mass is 19.2. The van der Waals surface area contributed by atoms with Gasteiger partial charge in [0.1, 0.15) is 5.69 Å². The molecular formula is C11H8F5N. The van der Waals surface area contributed by atoms with Crippen molar-refractivity contribution in [3.8, 4) is 0 Å². The third-order valence-corrected chi connectivity index (χ3v) is 2.57. The molecular weight excluding hydrogens is 241 g/mol. The van der Waals surface area contributed by atoms with Crippen molar-refractivity contribution >= 4 is 5.69 Å². The van der Waals surface area contributed by atoms with E-state index in [1.165, 1.54) is 0 Å². The zero-order valence-electron chi connectivity index (χ0n) is 8.54. The molecule has 1 N–H and O–H groups in total. The minimum atomic E-state index is -2.14. The molecule has 0 fully saturated rings. The maximum atomic E-state index is 13.3. The Balaban J connectivity index is 2.39. The summed E-state index contributed by atoms with van der Waals surface area (Å²) in [6.45, 7) is 0. The first-order valence-corrected chi connectivity index (χ1v) is 4.95. The van der Waals surface area contributed by atoms with Crippen LogP contribution in [-0.4, -0.2) is 6.04 Å². The van der Waals surface area contributed by atoms with Gasteiger partial charge in [-0.25, -0.2) is 22.0 Å². The first-order chi connectivity index (χ1) is 8.02. The maximum absolute atomic E-state index is 13.3. The summed E-state index contributed by atoms with van der Waals surface area (Å²) in [6.07, 6.45) is 4.51. The van der Waals surface area contributed by atoms with E-state index in [4.69, 9.17) is 0 Å². The van der Waals surface area contributed by atoms with E-state index in [2.05, 4.69) is 5.32 Å². The monoisotopic (exact) mass is 249 g/mol. The molecule has 1 aliphatic rings. The fourth-order valence-electron chi connectivity index (χ4n) is 1.67. The molecule has 6 heteroatoms. The summed E-state index contributed by atoms with van der Waals surface area (Å²) in [5.41, 5.74) is -0.963. The number of hydrogen-bond acceptors (Lipinski definition) is 1. The first kappa shape index (κ1) is 11.9. The van der Waals surface area contributed by atoms with Crippen molar-refractivity contribution in [1.29, 1.82) is 0 Å². The van der Waals surface area contributed by atoms with E-state index >= 15 is 0 Å². The SMILES string of the molecule is Fc1c(F)c(F)c(NC2CC=CC2)c(F)c1F. The van der Waals surface area contributed by atoms with Crippen molar-refractivity contribution in [2.45, 2.75) is 18.9 Å². The zero-order valence-corrected chi connectivity index (χ0v) is 8.54. The van der Waals surface area contributed by atoms with Crippen LogP contribution in [0.25, 0.3) is 0 Å². The average Bonchev–Trinajstić information content (AvgIpc) is 2.82. The smallest absolute Gasteiger partial charge is 0.200 e. The largest absolute Gasteiger partial charge is 0.377 e. The lowest BCUT2D eigenvalue weighted by Gasteiger charge is -2.15. The predicted molar refractivity (Wildman–Crippen MR) is 52.0 cm³/mol. The topological polar surface area (TPSA) is 12.0 Å². The molecule has 0 bridgehead atoms. The van der Waals surface area contributed by atoms with Crippen LogP contribution in [0.3, 0.4) is 0 Å². The molecule has 0 amide bonds. The Kier molecular flexibility index (Phi) is 3.04. The number of anilines is 1. The molecule has 1 aromatic carbocycles. The standard InChI is InChI=1S/C11H8F5N/c12-6-7(13)9(15)11(10(16)8(6)14)17-5-3-1-2-4-5/h1-2,5,17H,3-4H2. The van der Waals surface area contributed by atoms with E-state index in [1.807, 2.05) is 0 Å². The Bertz CT molecular complexity index is 446. The van der Waals surface area contributed by atoms with Crippen LogP contribution in [0.4, 0.5) is 27.6 Å². The summed E-state index contributed by atoms with van der Waals surface area (Å²) in [7, 11) is 0. The molecule has 1 aliphatic carbocycles. The van der Waals surface area contributed by atoms with Gasteiger partial charge < -0.3 is 5.32 Å². The molecule has 0 saturated heterocycles. The van der Waals surface area contributed by atoms with E-state index in [0.29, 0.717) is 12.8 Å². The van der Waals surface area contributed by atoms with Gasteiger partial charge in [-0.05, 0) is 12.8 Å². The van der Waals surface area contributed by atoms with Crippen LogP contribution >= 0.6 is 0 Å². The zero-order chi connectivity index (χ0) is 12.6. The lowest BCUT2D eigenvalue weighted by Crippen LogP contribution is -2.19. The number of nitrogens with one attached hydrogen (secondary N) is 1. The molecule has 0 aliphatic heterocycles. The van der Waals surface area contributed by atoms with Gasteiger partial charge in [-0.2, -0.15) is 0 Å². The minimum Gasteiger partial charge on any atom is -0.377 e. The molecule has 0 unspecified atom stereocenters. The summed E-state index contributed by atoms with van der Waals surface area (Å²) in [5.74, 6) is -9.66. The van der Waals surface area contributed by atoms with Crippen molar-refractivity contribution in [3.63, 3.8) is 0 Å². The van der Waals surface area contributed by atoms with E-state index < -0.39 is 34.8 Å². The van der Waals surface area contributed by atoms with Gasteiger partial charge in [0.15, 0.2) is 23.3 Å². The van der Waals surface area contributed by atoms with Gasteiger partial charge in [0.2, 0.25) is 5.82 Å². The number of benzene rings is 1. The minimum absolute atomic E-state index is 0.344. The van der Waals surface area contributed by atoms with E-state index in [9.17, 15) is 22.0 Å². The molecule has 0 spiro atoms. The van der Waals surface area contributed by atoms with Gasteiger partial charge in [-0.1, -0.05) is 12.2 Å². The van der Waals surface area contributed by atoms with Crippen molar-refractivity contribution in [1.82, 2.24) is 0 Å². The van der Waals surface area contributed by atoms with Crippen LogP contribution in [0, 0.1) is 29.1 Å². The van der Waals surface area contributed by atoms with Crippen LogP contribution in [0.2, 0.25) is 0 Å². The number of halogens is 5. The Morgan fingerprint density at radius 1 is 0.765 bits per heavy atom. The second-order valence-corrected chi connectivity index (χ2v) is 3.73. The summed E-state index contributed by atoms with van der Waals surface area (Å²) in [4.78, 5) is 0. The normalized spacial score (nSPS) is 15.6. The third kappa shape index (κ3) is 1.99. The van der Waals surface area contributed by atoms with Crippen LogP contribution in [0.1, 0.15) is 12.8 Å². The van der Waals surface area contributed by atoms with Crippen molar-refractivity contribution < 1.29 is 22.0 Å². The molecule has 0 heterocycles. The van der Waals surface area contributed by atoms with Crippen LogP contribution in [0.15, 0.2) is 12.2 Å². The van der Waals surface area contributed by atoms with Crippen LogP contribution in [0.5, 0.6) is 0 Å². The van der Waals surface area contributed by atoms with E-state index in [0.717, 1.165) is 0 Å². The number of rotatable bonds is 2. The lowest BCUT2D eigenvalue weighted by atomic mass is 10.2. The Labute approximate surface area is 93.9 Å². The van der Waals surface area contributed by atoms with Crippen molar-refractivity contribution in [3.05, 3.63) is 41.2 Å². The molecule has 0 saturated carbocycles. The molecule has 1 nitrogen and oxygen atoms in total. The Morgan fingerprint density at radius 2 is 1.18 bits per heavy atom. The molecule has 0 atom stereocenters. The highest BCUT2D eigenvalue weighted by Gasteiger charge is 2.27. The third-order valence-electron chi connectivity index (χ3n) is 2.57. The van der Waals surface area contributed by atoms with E-state index in [1.54, 1.807) is 12.2 Å². The highest BCUT2D eigenvalue weighted by molar-refractivity contribution is 5.49. The molecule has 92 valence electrons. The molecule has 17 heavy (non-hydrogen) atoms. The average molecular weight is 249 g/mol. The summed E-state index contributed by atoms with van der Waals surface area (Å²) >= 11 is 0. The van der Waals surface area contributed by atoms with Gasteiger partial charge in [0, 0.05) is 6.04 Å². The maximum Gasteiger partial charge on any atom is 0.200 e. The fourth-order valence-corrected chi connectivity index (χ4v) is 1.67. The highest BCUT2D eigenvalue weighted by Crippen LogP contribution is 2.29. The predicted octanol–water partition coefficient (Wildman–Crippen LogP) is 3.51. The van der Waals surface area contributed by atoms with Gasteiger partial charge in [-0.15, -0.1) is 0 Å². The van der Waals surface area contributed by atoms with Crippen LogP contribution in [-0.2, 0) is 0 Å². The molecule has 0 aromatic heterocycles. The van der Waals surface area contributed by atoms with Crippen molar-refractivity contribution in [2.75, 3.05) is 5.32 Å². The summed E-state index contributed by atoms with van der Waals surface area (Å²) in [6, 6.07) is -0.344. The van der Waals surface area contributed by atoms with Gasteiger partial charge in [0.05, 0.1) is 0 Å². The lowest BCUT2D eigenvalue weighted by molar-refractivity contribution is 0.380. The van der Waals surface area contributed by atoms with Gasteiger partial charge >= 0.3 is 0 Å². The van der Waals surface area contributed by atoms with E-state index in [-0.39, 0.29) is 6.04 Å².